The number of H-pyrrole nitrogens is 1. The second kappa shape index (κ2) is 7.05. The average molecular weight is 361 g/mol. The van der Waals surface area contributed by atoms with Crippen molar-refractivity contribution in [1.29, 1.82) is 0 Å². The number of aliphatic hydroxyl groups is 1. The number of nitrogens with one attached hydrogen (secondary N) is 1. The van der Waals surface area contributed by atoms with Gasteiger partial charge in [-0.05, 0) is 24.3 Å². The molecule has 4 rings (SSSR count). The van der Waals surface area contributed by atoms with Crippen molar-refractivity contribution < 1.29 is 5.11 Å². The Balaban J connectivity index is 1.86. The zero-order chi connectivity index (χ0) is 18.8. The molecule has 0 fully saturated rings. The maximum Gasteiger partial charge on any atom is 0.260 e. The number of pyridine rings is 1. The Morgan fingerprint density at radius 2 is 1.96 bits per heavy atom. The van der Waals surface area contributed by atoms with E-state index in [1.165, 1.54) is 6.33 Å². The van der Waals surface area contributed by atoms with Gasteiger partial charge < -0.3 is 19.6 Å². The van der Waals surface area contributed by atoms with Gasteiger partial charge in [-0.1, -0.05) is 18.2 Å². The molecule has 4 aromatic rings. The number of aromatic nitrogens is 4. The van der Waals surface area contributed by atoms with Gasteiger partial charge in [-0.15, -0.1) is 0 Å². The predicted molar refractivity (Wildman–Crippen MR) is 105 cm³/mol. The maximum atomic E-state index is 12.5. The van der Waals surface area contributed by atoms with Gasteiger partial charge in [0.15, 0.2) is 5.65 Å². The summed E-state index contributed by atoms with van der Waals surface area (Å²) in [7, 11) is 1.87. The molecule has 0 saturated carbocycles. The summed E-state index contributed by atoms with van der Waals surface area (Å²) in [6.07, 6.45) is 5.06. The Bertz CT molecular complexity index is 1120. The Morgan fingerprint density at radius 1 is 1.15 bits per heavy atom. The first-order valence-electron chi connectivity index (χ1n) is 8.61. The molecular weight excluding hydrogens is 342 g/mol. The fraction of sp³-hybridized carbons (Fsp3) is 0.150. The summed E-state index contributed by atoms with van der Waals surface area (Å²) in [5.74, 6) is 0.756. The molecule has 136 valence electrons. The molecule has 2 N–H and O–H groups in total. The number of para-hydroxylation sites is 1. The molecule has 0 radical (unpaired) electrons. The van der Waals surface area contributed by atoms with Gasteiger partial charge in [0, 0.05) is 42.8 Å². The lowest BCUT2D eigenvalue weighted by molar-refractivity contribution is 0.304. The van der Waals surface area contributed by atoms with Crippen LogP contribution >= 0.6 is 0 Å². The Kier molecular flexibility index (Phi) is 4.43. The van der Waals surface area contributed by atoms with Crippen molar-refractivity contribution in [2.45, 2.75) is 0 Å². The number of hydrogen-bond donors (Lipinski definition) is 2. The summed E-state index contributed by atoms with van der Waals surface area (Å²) < 4.78 is 1.91. The maximum absolute atomic E-state index is 12.5. The largest absolute Gasteiger partial charge is 0.395 e. The molecule has 27 heavy (non-hydrogen) atoms. The van der Waals surface area contributed by atoms with Crippen molar-refractivity contribution in [1.82, 2.24) is 19.5 Å². The number of hydrogen-bond acceptors (Lipinski definition) is 5. The normalized spacial score (nSPS) is 11.0. The van der Waals surface area contributed by atoms with Gasteiger partial charge in [0.25, 0.3) is 5.56 Å². The van der Waals surface area contributed by atoms with Gasteiger partial charge >= 0.3 is 0 Å². The second-order valence-electron chi connectivity index (χ2n) is 6.23. The summed E-state index contributed by atoms with van der Waals surface area (Å²) in [4.78, 5) is 25.9. The fourth-order valence-electron chi connectivity index (χ4n) is 3.11. The Hall–Kier alpha value is -3.45. The van der Waals surface area contributed by atoms with E-state index >= 15 is 0 Å². The Morgan fingerprint density at radius 3 is 2.67 bits per heavy atom. The number of aliphatic hydroxyl groups excluding tert-OH is 1. The molecule has 0 aliphatic heterocycles. The Labute approximate surface area is 155 Å². The zero-order valence-electron chi connectivity index (χ0n) is 14.8. The minimum absolute atomic E-state index is 0.0611. The lowest BCUT2D eigenvalue weighted by atomic mass is 10.1. The molecule has 1 aromatic carbocycles. The van der Waals surface area contributed by atoms with Crippen molar-refractivity contribution >= 4 is 16.9 Å². The van der Waals surface area contributed by atoms with E-state index in [4.69, 9.17) is 5.11 Å². The minimum Gasteiger partial charge on any atom is -0.395 e. The van der Waals surface area contributed by atoms with Gasteiger partial charge in [-0.3, -0.25) is 4.79 Å². The molecule has 7 nitrogen and oxygen atoms in total. The summed E-state index contributed by atoms with van der Waals surface area (Å²) in [6, 6.07) is 13.6. The highest BCUT2D eigenvalue weighted by molar-refractivity contribution is 5.94. The highest BCUT2D eigenvalue weighted by Crippen LogP contribution is 2.29. The number of nitrogens with zero attached hydrogens (tertiary/aromatic N) is 4. The molecule has 0 amide bonds. The molecule has 0 aliphatic rings. The summed E-state index contributed by atoms with van der Waals surface area (Å²) in [6.45, 7) is 0.564. The van der Waals surface area contributed by atoms with Crippen molar-refractivity contribution in [3.05, 3.63) is 71.5 Å². The highest BCUT2D eigenvalue weighted by Gasteiger charge is 2.16. The van der Waals surface area contributed by atoms with Gasteiger partial charge in [-0.25, -0.2) is 9.97 Å². The van der Waals surface area contributed by atoms with Crippen LogP contribution in [0.25, 0.3) is 27.8 Å². The van der Waals surface area contributed by atoms with Crippen LogP contribution in [0.15, 0.2) is 66.0 Å². The van der Waals surface area contributed by atoms with Crippen LogP contribution in [0.2, 0.25) is 0 Å². The number of aromatic amines is 1. The van der Waals surface area contributed by atoms with E-state index in [9.17, 15) is 4.79 Å². The van der Waals surface area contributed by atoms with Gasteiger partial charge in [-0.2, -0.15) is 0 Å². The SMILES string of the molecule is CN(CCO)c1ccc(-c2cn(-c3ccccc3)c3nc[nH]c(=O)c23)cn1. The number of likely N-dealkylation sites (N-methyl/N-ethyl adjacent to an activating group) is 1. The zero-order valence-corrected chi connectivity index (χ0v) is 14.8. The van der Waals surface area contributed by atoms with Gasteiger partial charge in [0.1, 0.15) is 5.82 Å². The molecule has 7 heteroatoms. The van der Waals surface area contributed by atoms with E-state index in [-0.39, 0.29) is 12.2 Å². The first-order valence-corrected chi connectivity index (χ1v) is 8.61. The molecule has 0 unspecified atom stereocenters. The van der Waals surface area contributed by atoms with Crippen molar-refractivity contribution in [3.63, 3.8) is 0 Å². The van der Waals surface area contributed by atoms with Crippen molar-refractivity contribution in [2.75, 3.05) is 25.1 Å². The average Bonchev–Trinajstić information content (AvgIpc) is 3.10. The predicted octanol–water partition coefficient (Wildman–Crippen LogP) is 2.20. The summed E-state index contributed by atoms with van der Waals surface area (Å²) in [5.41, 5.74) is 2.94. The van der Waals surface area contributed by atoms with Crippen molar-refractivity contribution in [3.8, 4) is 16.8 Å². The number of anilines is 1. The summed E-state index contributed by atoms with van der Waals surface area (Å²) >= 11 is 0. The standard InChI is InChI=1S/C20H19N5O2/c1-24(9-10-26)17-8-7-14(11-21-17)16-12-25(15-5-3-2-4-6-15)19-18(16)20(27)23-13-22-19/h2-8,11-13,26H,9-10H2,1H3,(H,22,23,27). The van der Waals surface area contributed by atoms with Crippen LogP contribution in [0.1, 0.15) is 0 Å². The number of benzene rings is 1. The number of rotatable bonds is 5. The first-order chi connectivity index (χ1) is 13.2. The van der Waals surface area contributed by atoms with E-state index in [1.54, 1.807) is 6.20 Å². The van der Waals surface area contributed by atoms with Crippen LogP contribution in [-0.2, 0) is 0 Å². The molecule has 0 saturated heterocycles. The van der Waals surface area contributed by atoms with E-state index < -0.39 is 0 Å². The summed E-state index contributed by atoms with van der Waals surface area (Å²) in [5, 5.41) is 9.60. The molecule has 0 bridgehead atoms. The third-order valence-corrected chi connectivity index (χ3v) is 4.51. The van der Waals surface area contributed by atoms with E-state index in [2.05, 4.69) is 15.0 Å². The smallest absolute Gasteiger partial charge is 0.260 e. The topological polar surface area (TPSA) is 87.0 Å². The monoisotopic (exact) mass is 361 g/mol. The lowest BCUT2D eigenvalue weighted by Gasteiger charge is -2.16. The van der Waals surface area contributed by atoms with Crippen LogP contribution in [0.3, 0.4) is 0 Å². The fourth-order valence-corrected chi connectivity index (χ4v) is 3.11. The van der Waals surface area contributed by atoms with E-state index in [0.717, 1.165) is 22.6 Å². The number of fused-ring (bicyclic) bond motifs is 1. The molecule has 3 aromatic heterocycles. The van der Waals surface area contributed by atoms with Crippen LogP contribution in [0, 0.1) is 0 Å². The van der Waals surface area contributed by atoms with Crippen molar-refractivity contribution in [2.24, 2.45) is 0 Å². The lowest BCUT2D eigenvalue weighted by Crippen LogP contribution is -2.21. The molecule has 3 heterocycles. The first kappa shape index (κ1) is 17.0. The van der Waals surface area contributed by atoms with E-state index in [0.29, 0.717) is 17.6 Å². The van der Waals surface area contributed by atoms with Crippen LogP contribution < -0.4 is 10.5 Å². The van der Waals surface area contributed by atoms with Gasteiger partial charge in [0.2, 0.25) is 0 Å². The van der Waals surface area contributed by atoms with Crippen LogP contribution in [-0.4, -0.2) is 44.8 Å². The van der Waals surface area contributed by atoms with Gasteiger partial charge in [0.05, 0.1) is 18.3 Å². The van der Waals surface area contributed by atoms with Crippen LogP contribution in [0.4, 0.5) is 5.82 Å². The molecule has 0 aliphatic carbocycles. The molecule has 0 spiro atoms. The highest BCUT2D eigenvalue weighted by atomic mass is 16.3. The quantitative estimate of drug-likeness (QED) is 0.569. The minimum atomic E-state index is -0.189. The third-order valence-electron chi connectivity index (χ3n) is 4.51. The third kappa shape index (κ3) is 3.09. The molecular formula is C20H19N5O2. The molecule has 0 atom stereocenters. The van der Waals surface area contributed by atoms with Crippen LogP contribution in [0.5, 0.6) is 0 Å². The van der Waals surface area contributed by atoms with E-state index in [1.807, 2.05) is 65.2 Å². The second-order valence-corrected chi connectivity index (χ2v) is 6.23.